The largest absolute Gasteiger partial charge is 0.460 e. The number of nitrogens with zero attached hydrogens (tertiary/aromatic N) is 3. The molecule has 0 aromatic carbocycles. The predicted molar refractivity (Wildman–Crippen MR) is 94.1 cm³/mol. The summed E-state index contributed by atoms with van der Waals surface area (Å²) in [5, 5.41) is 3.38. The maximum Gasteiger partial charge on any atom is 0.311 e. The number of rotatable bonds is 3. The Morgan fingerprint density at radius 3 is 2.71 bits per heavy atom. The summed E-state index contributed by atoms with van der Waals surface area (Å²) >= 11 is 0. The van der Waals surface area contributed by atoms with Crippen LogP contribution in [-0.2, 0) is 14.3 Å². The fourth-order valence-electron chi connectivity index (χ4n) is 3.06. The van der Waals surface area contributed by atoms with E-state index in [4.69, 9.17) is 9.47 Å². The molecule has 2 heterocycles. The zero-order valence-electron chi connectivity index (χ0n) is 15.7. The van der Waals surface area contributed by atoms with Crippen LogP contribution < -0.4 is 5.32 Å². The lowest BCUT2D eigenvalue weighted by atomic mass is 10.1. The van der Waals surface area contributed by atoms with Crippen LogP contribution in [0.1, 0.15) is 27.2 Å². The van der Waals surface area contributed by atoms with Gasteiger partial charge in [0, 0.05) is 39.8 Å². The molecule has 24 heavy (non-hydrogen) atoms. The molecular formula is C17H32N4O3. The van der Waals surface area contributed by atoms with E-state index < -0.39 is 5.60 Å². The van der Waals surface area contributed by atoms with Gasteiger partial charge in [-0.15, -0.1) is 0 Å². The number of ether oxygens (including phenoxy) is 2. The van der Waals surface area contributed by atoms with Crippen LogP contribution in [0.5, 0.6) is 0 Å². The number of likely N-dealkylation sites (N-methyl/N-ethyl adjacent to an activating group) is 1. The van der Waals surface area contributed by atoms with Crippen molar-refractivity contribution < 1.29 is 14.3 Å². The Kier molecular flexibility index (Phi) is 6.46. The molecule has 2 aliphatic heterocycles. The quantitative estimate of drug-likeness (QED) is 0.460. The minimum Gasteiger partial charge on any atom is -0.460 e. The molecule has 2 rings (SSSR count). The highest BCUT2D eigenvalue weighted by atomic mass is 16.6. The average molecular weight is 340 g/mol. The van der Waals surface area contributed by atoms with E-state index in [9.17, 15) is 4.79 Å². The van der Waals surface area contributed by atoms with Gasteiger partial charge in [0.2, 0.25) is 0 Å². The van der Waals surface area contributed by atoms with E-state index in [0.717, 1.165) is 45.2 Å². The number of aliphatic imine (C=N–C) groups is 1. The third-order valence-electron chi connectivity index (χ3n) is 4.27. The molecule has 0 aromatic rings. The van der Waals surface area contributed by atoms with Crippen LogP contribution in [0.15, 0.2) is 4.99 Å². The van der Waals surface area contributed by atoms with Gasteiger partial charge in [0.05, 0.1) is 18.6 Å². The predicted octanol–water partition coefficient (Wildman–Crippen LogP) is 0.556. The number of hydrogen-bond donors (Lipinski definition) is 1. The number of guanidine groups is 1. The van der Waals surface area contributed by atoms with Crippen LogP contribution >= 0.6 is 0 Å². The molecule has 0 radical (unpaired) electrons. The van der Waals surface area contributed by atoms with Crippen LogP contribution in [0.2, 0.25) is 0 Å². The van der Waals surface area contributed by atoms with Crippen LogP contribution in [0.25, 0.3) is 0 Å². The molecule has 1 N–H and O–H groups in total. The summed E-state index contributed by atoms with van der Waals surface area (Å²) in [4.78, 5) is 21.0. The fourth-order valence-corrected chi connectivity index (χ4v) is 3.06. The molecule has 0 bridgehead atoms. The van der Waals surface area contributed by atoms with E-state index in [-0.39, 0.29) is 18.0 Å². The van der Waals surface area contributed by atoms with Crippen molar-refractivity contribution in [2.75, 3.05) is 53.4 Å². The highest BCUT2D eigenvalue weighted by Crippen LogP contribution is 2.20. The lowest BCUT2D eigenvalue weighted by Crippen LogP contribution is -2.49. The van der Waals surface area contributed by atoms with Gasteiger partial charge in [-0.3, -0.25) is 9.79 Å². The van der Waals surface area contributed by atoms with Crippen molar-refractivity contribution in [3.05, 3.63) is 0 Å². The van der Waals surface area contributed by atoms with Crippen molar-refractivity contribution in [2.24, 2.45) is 10.9 Å². The molecule has 7 nitrogen and oxygen atoms in total. The molecule has 0 amide bonds. The number of hydrogen-bond acceptors (Lipinski definition) is 5. The Balaban J connectivity index is 1.81. The lowest BCUT2D eigenvalue weighted by Gasteiger charge is -2.31. The van der Waals surface area contributed by atoms with Gasteiger partial charge in [0.15, 0.2) is 5.96 Å². The highest BCUT2D eigenvalue weighted by molar-refractivity contribution is 5.82. The molecule has 0 spiro atoms. The first-order chi connectivity index (χ1) is 11.3. The summed E-state index contributed by atoms with van der Waals surface area (Å²) in [6, 6.07) is 0. The number of nitrogens with one attached hydrogen (secondary N) is 1. The summed E-state index contributed by atoms with van der Waals surface area (Å²) in [5.41, 5.74) is -0.436. The molecule has 7 heteroatoms. The van der Waals surface area contributed by atoms with E-state index in [0.29, 0.717) is 6.54 Å². The van der Waals surface area contributed by atoms with Crippen LogP contribution in [-0.4, -0.2) is 86.9 Å². The van der Waals surface area contributed by atoms with Crippen molar-refractivity contribution in [3.8, 4) is 0 Å². The Hall–Kier alpha value is -1.34. The standard InChI is InChI=1S/C17H32N4O3/c1-17(2,3)24-15(22)13-6-7-21(11-13)16(18-4)19-10-14-12-20(5)8-9-23-14/h13-14H,6-12H2,1-5H3,(H,18,19). The number of likely N-dealkylation sites (tertiary alicyclic amines) is 1. The smallest absolute Gasteiger partial charge is 0.311 e. The molecule has 2 fully saturated rings. The Bertz CT molecular complexity index is 461. The SMILES string of the molecule is CN=C(NCC1CN(C)CCO1)N1CCC(C(=O)OC(C)(C)C)C1. The summed E-state index contributed by atoms with van der Waals surface area (Å²) in [7, 11) is 3.88. The summed E-state index contributed by atoms with van der Waals surface area (Å²) in [6.07, 6.45) is 0.975. The van der Waals surface area contributed by atoms with E-state index in [2.05, 4.69) is 27.2 Å². The molecule has 0 aromatic heterocycles. The topological polar surface area (TPSA) is 66.4 Å². The van der Waals surface area contributed by atoms with Crippen molar-refractivity contribution in [1.82, 2.24) is 15.1 Å². The molecule has 2 unspecified atom stereocenters. The number of carbonyl (C=O) groups excluding carboxylic acids is 1. The normalized spacial score (nSPS) is 26.5. The van der Waals surface area contributed by atoms with Crippen LogP contribution in [0.4, 0.5) is 0 Å². The van der Waals surface area contributed by atoms with E-state index in [1.54, 1.807) is 7.05 Å². The van der Waals surface area contributed by atoms with Gasteiger partial charge >= 0.3 is 5.97 Å². The van der Waals surface area contributed by atoms with Crippen molar-refractivity contribution in [3.63, 3.8) is 0 Å². The third-order valence-corrected chi connectivity index (χ3v) is 4.27. The van der Waals surface area contributed by atoms with Gasteiger partial charge in [0.25, 0.3) is 0 Å². The maximum atomic E-state index is 12.2. The average Bonchev–Trinajstić information content (AvgIpc) is 2.96. The first-order valence-corrected chi connectivity index (χ1v) is 8.77. The van der Waals surface area contributed by atoms with Crippen LogP contribution in [0.3, 0.4) is 0 Å². The number of esters is 1. The van der Waals surface area contributed by atoms with Gasteiger partial charge in [-0.1, -0.05) is 0 Å². The summed E-state index contributed by atoms with van der Waals surface area (Å²) in [6.45, 7) is 10.6. The van der Waals surface area contributed by atoms with Gasteiger partial charge in [0.1, 0.15) is 5.60 Å². The third kappa shape index (κ3) is 5.63. The first kappa shape index (κ1) is 19.0. The van der Waals surface area contributed by atoms with E-state index >= 15 is 0 Å². The monoisotopic (exact) mass is 340 g/mol. The molecule has 2 saturated heterocycles. The highest BCUT2D eigenvalue weighted by Gasteiger charge is 2.33. The first-order valence-electron chi connectivity index (χ1n) is 8.77. The Morgan fingerprint density at radius 1 is 1.33 bits per heavy atom. The minimum absolute atomic E-state index is 0.0835. The molecular weight excluding hydrogens is 308 g/mol. The number of carbonyl (C=O) groups is 1. The minimum atomic E-state index is -0.436. The second kappa shape index (κ2) is 8.16. The van der Waals surface area contributed by atoms with E-state index in [1.165, 1.54) is 0 Å². The number of morpholine rings is 1. The van der Waals surface area contributed by atoms with Gasteiger partial charge in [-0.05, 0) is 34.2 Å². The zero-order chi connectivity index (χ0) is 17.7. The molecule has 0 saturated carbocycles. The maximum absolute atomic E-state index is 12.2. The zero-order valence-corrected chi connectivity index (χ0v) is 15.7. The Labute approximate surface area is 145 Å². The van der Waals surface area contributed by atoms with Crippen molar-refractivity contribution in [1.29, 1.82) is 0 Å². The molecule has 138 valence electrons. The molecule has 0 aliphatic carbocycles. The van der Waals surface area contributed by atoms with Gasteiger partial charge < -0.3 is 24.6 Å². The Morgan fingerprint density at radius 2 is 2.08 bits per heavy atom. The van der Waals surface area contributed by atoms with Crippen molar-refractivity contribution in [2.45, 2.75) is 38.9 Å². The molecule has 2 aliphatic rings. The summed E-state index contributed by atoms with van der Waals surface area (Å²) < 4.78 is 11.3. The second-order valence-corrected chi connectivity index (χ2v) is 7.65. The van der Waals surface area contributed by atoms with Gasteiger partial charge in [-0.25, -0.2) is 0 Å². The van der Waals surface area contributed by atoms with Gasteiger partial charge in [-0.2, -0.15) is 0 Å². The van der Waals surface area contributed by atoms with E-state index in [1.807, 2.05) is 20.8 Å². The van der Waals surface area contributed by atoms with Crippen LogP contribution in [0, 0.1) is 5.92 Å². The molecule has 2 atom stereocenters. The fraction of sp³-hybridized carbons (Fsp3) is 0.882. The second-order valence-electron chi connectivity index (χ2n) is 7.65. The van der Waals surface area contributed by atoms with Crippen molar-refractivity contribution >= 4 is 11.9 Å². The lowest BCUT2D eigenvalue weighted by molar-refractivity contribution is -0.159. The summed E-state index contributed by atoms with van der Waals surface area (Å²) in [5.74, 6) is 0.635.